The van der Waals surface area contributed by atoms with Crippen LogP contribution in [0.15, 0.2) is 24.4 Å². The van der Waals surface area contributed by atoms with Crippen molar-refractivity contribution in [3.8, 4) is 0 Å². The smallest absolute Gasteiger partial charge is 0.276 e. The predicted octanol–water partition coefficient (Wildman–Crippen LogP) is 2.31. The third-order valence-corrected chi connectivity index (χ3v) is 1.84. The molecule has 0 saturated carbocycles. The molecule has 0 aromatic heterocycles. The van der Waals surface area contributed by atoms with Crippen LogP contribution in [0, 0.1) is 17.0 Å². The first-order valence-corrected chi connectivity index (χ1v) is 4.45. The lowest BCUT2D eigenvalue weighted by atomic mass is 10.1. The fourth-order valence-electron chi connectivity index (χ4n) is 1.12. The summed E-state index contributed by atoms with van der Waals surface area (Å²) >= 11 is 0. The van der Waals surface area contributed by atoms with E-state index in [0.717, 1.165) is 0 Å². The van der Waals surface area contributed by atoms with Crippen LogP contribution >= 0.6 is 0 Å². The van der Waals surface area contributed by atoms with E-state index >= 15 is 0 Å². The second-order valence-corrected chi connectivity index (χ2v) is 3.43. The van der Waals surface area contributed by atoms with E-state index in [1.165, 1.54) is 6.07 Å². The van der Waals surface area contributed by atoms with Gasteiger partial charge in [-0.15, -0.1) is 0 Å². The predicted molar refractivity (Wildman–Crippen MR) is 60.3 cm³/mol. The fourth-order valence-corrected chi connectivity index (χ4v) is 1.12. The van der Waals surface area contributed by atoms with Gasteiger partial charge in [-0.1, -0.05) is 6.07 Å². The van der Waals surface area contributed by atoms with Crippen LogP contribution in [-0.2, 0) is 0 Å². The van der Waals surface area contributed by atoms with E-state index in [9.17, 15) is 10.1 Å². The zero-order valence-electron chi connectivity index (χ0n) is 8.80. The maximum Gasteiger partial charge on any atom is 0.276 e. The number of benzene rings is 1. The van der Waals surface area contributed by atoms with Crippen LogP contribution in [0.25, 0.3) is 6.08 Å². The average molecular weight is 205 g/mol. The van der Waals surface area contributed by atoms with Crippen molar-refractivity contribution in [2.75, 3.05) is 14.1 Å². The van der Waals surface area contributed by atoms with Crippen LogP contribution in [0.5, 0.6) is 0 Å². The summed E-state index contributed by atoms with van der Waals surface area (Å²) in [5.41, 5.74) is 1.31. The van der Waals surface area contributed by atoms with Gasteiger partial charge in [-0.2, -0.15) is 0 Å². The van der Waals surface area contributed by atoms with Gasteiger partial charge in [-0.3, -0.25) is 10.1 Å². The number of nitro groups is 1. The third-order valence-electron chi connectivity index (χ3n) is 1.84. The summed E-state index contributed by atoms with van der Waals surface area (Å²) in [6.07, 6.45) is 3.47. The van der Waals surface area contributed by atoms with Crippen LogP contribution < -0.4 is 0 Å². The van der Waals surface area contributed by atoms with Crippen molar-refractivity contribution in [3.63, 3.8) is 0 Å². The van der Waals surface area contributed by atoms with E-state index in [4.69, 9.17) is 0 Å². The molecule has 4 heteroatoms. The second kappa shape index (κ2) is 4.59. The first-order valence-electron chi connectivity index (χ1n) is 4.45. The Morgan fingerprint density at radius 1 is 1.47 bits per heavy atom. The van der Waals surface area contributed by atoms with Crippen molar-refractivity contribution in [1.82, 2.24) is 4.90 Å². The summed E-state index contributed by atoms with van der Waals surface area (Å²) in [6.45, 7) is 3.66. The minimum atomic E-state index is -0.399. The van der Waals surface area contributed by atoms with Gasteiger partial charge in [0, 0.05) is 20.2 Å². The quantitative estimate of drug-likeness (QED) is 0.562. The van der Waals surface area contributed by atoms with Crippen molar-refractivity contribution in [3.05, 3.63) is 52.6 Å². The number of hydrogen-bond donors (Lipinski definition) is 0. The van der Waals surface area contributed by atoms with Gasteiger partial charge in [0.15, 0.2) is 0 Å². The monoisotopic (exact) mass is 205 g/mol. The average Bonchev–Trinajstić information content (AvgIpc) is 2.15. The summed E-state index contributed by atoms with van der Waals surface area (Å²) in [7, 11) is 3.72. The van der Waals surface area contributed by atoms with E-state index in [2.05, 4.69) is 6.92 Å². The lowest BCUT2D eigenvalue weighted by Crippen LogP contribution is -2.00. The third kappa shape index (κ3) is 3.09. The highest BCUT2D eigenvalue weighted by Gasteiger charge is 2.10. The first kappa shape index (κ1) is 11.2. The van der Waals surface area contributed by atoms with E-state index in [-0.39, 0.29) is 5.69 Å². The molecule has 1 aromatic carbocycles. The van der Waals surface area contributed by atoms with E-state index in [1.807, 2.05) is 19.0 Å². The zero-order chi connectivity index (χ0) is 11.4. The van der Waals surface area contributed by atoms with Crippen LogP contribution in [0.4, 0.5) is 5.69 Å². The van der Waals surface area contributed by atoms with Crippen LogP contribution in [0.3, 0.4) is 0 Å². The molecule has 0 bridgehead atoms. The summed E-state index contributed by atoms with van der Waals surface area (Å²) in [5.74, 6) is 0. The fraction of sp³-hybridized carbons (Fsp3) is 0.182. The highest BCUT2D eigenvalue weighted by molar-refractivity contribution is 5.61. The standard InChI is InChI=1S/C11H13N2O2/c1-9-4-5-10(6-7-12(2)3)11(8-9)13(14)15/h4-8H,1H2,2-3H3. The topological polar surface area (TPSA) is 46.4 Å². The Kier molecular flexibility index (Phi) is 3.44. The summed E-state index contributed by atoms with van der Waals surface area (Å²) in [6, 6.07) is 4.91. The molecule has 0 aliphatic heterocycles. The molecular weight excluding hydrogens is 192 g/mol. The molecule has 1 radical (unpaired) electrons. The molecule has 1 rings (SSSR count). The Morgan fingerprint density at radius 2 is 2.13 bits per heavy atom. The number of nitro benzene ring substituents is 1. The maximum absolute atomic E-state index is 10.7. The Balaban J connectivity index is 3.12. The van der Waals surface area contributed by atoms with E-state index < -0.39 is 4.92 Å². The molecule has 1 aromatic rings. The van der Waals surface area contributed by atoms with Crippen molar-refractivity contribution in [1.29, 1.82) is 0 Å². The molecule has 0 aliphatic rings. The van der Waals surface area contributed by atoms with Crippen LogP contribution in [0.2, 0.25) is 0 Å². The lowest BCUT2D eigenvalue weighted by molar-refractivity contribution is -0.385. The van der Waals surface area contributed by atoms with Gasteiger partial charge >= 0.3 is 0 Å². The zero-order valence-corrected chi connectivity index (χ0v) is 8.80. The molecular formula is C11H13N2O2. The van der Waals surface area contributed by atoms with Crippen molar-refractivity contribution in [2.24, 2.45) is 0 Å². The minimum absolute atomic E-state index is 0.0839. The molecule has 0 fully saturated rings. The molecule has 0 spiro atoms. The van der Waals surface area contributed by atoms with Crippen LogP contribution in [-0.4, -0.2) is 23.9 Å². The molecule has 0 atom stereocenters. The molecule has 4 nitrogen and oxygen atoms in total. The Bertz CT molecular complexity index is 398. The summed E-state index contributed by atoms with van der Waals surface area (Å²) in [4.78, 5) is 12.2. The summed E-state index contributed by atoms with van der Waals surface area (Å²) < 4.78 is 0. The molecule has 0 heterocycles. The molecule has 0 N–H and O–H groups in total. The highest BCUT2D eigenvalue weighted by atomic mass is 16.6. The van der Waals surface area contributed by atoms with Gasteiger partial charge < -0.3 is 4.90 Å². The molecule has 0 aliphatic carbocycles. The van der Waals surface area contributed by atoms with Crippen molar-refractivity contribution < 1.29 is 4.92 Å². The maximum atomic E-state index is 10.7. The van der Waals surface area contributed by atoms with Gasteiger partial charge in [-0.05, 0) is 30.8 Å². The van der Waals surface area contributed by atoms with E-state index in [1.54, 1.807) is 24.4 Å². The van der Waals surface area contributed by atoms with E-state index in [0.29, 0.717) is 11.1 Å². The molecule has 79 valence electrons. The summed E-state index contributed by atoms with van der Waals surface area (Å²) in [5, 5.41) is 10.7. The highest BCUT2D eigenvalue weighted by Crippen LogP contribution is 2.21. The minimum Gasteiger partial charge on any atom is -0.383 e. The molecule has 0 amide bonds. The first-order chi connectivity index (χ1) is 7.00. The second-order valence-electron chi connectivity index (χ2n) is 3.43. The largest absolute Gasteiger partial charge is 0.383 e. The van der Waals surface area contributed by atoms with Crippen LogP contribution in [0.1, 0.15) is 11.1 Å². The van der Waals surface area contributed by atoms with Gasteiger partial charge in [0.25, 0.3) is 5.69 Å². The SMILES string of the molecule is [CH2]c1ccc(C=CN(C)C)c([N+](=O)[O-])c1. The molecule has 15 heavy (non-hydrogen) atoms. The normalized spacial score (nSPS) is 10.6. The lowest BCUT2D eigenvalue weighted by Gasteiger charge is -2.04. The van der Waals surface area contributed by atoms with Gasteiger partial charge in [0.05, 0.1) is 10.5 Å². The number of nitrogens with zero attached hydrogens (tertiary/aromatic N) is 2. The van der Waals surface area contributed by atoms with Gasteiger partial charge in [0.2, 0.25) is 0 Å². The van der Waals surface area contributed by atoms with Gasteiger partial charge in [0.1, 0.15) is 0 Å². The Morgan fingerprint density at radius 3 is 2.67 bits per heavy atom. The Labute approximate surface area is 89.0 Å². The molecule has 0 unspecified atom stereocenters. The Hall–Kier alpha value is -1.84. The number of hydrogen-bond acceptors (Lipinski definition) is 3. The number of rotatable bonds is 3. The van der Waals surface area contributed by atoms with Crippen molar-refractivity contribution >= 4 is 11.8 Å². The van der Waals surface area contributed by atoms with Crippen molar-refractivity contribution in [2.45, 2.75) is 0 Å². The van der Waals surface area contributed by atoms with Gasteiger partial charge in [-0.25, -0.2) is 0 Å². The molecule has 0 saturated heterocycles.